The maximum absolute atomic E-state index is 4.25. The number of rotatable bonds is 4. The van der Waals surface area contributed by atoms with Crippen molar-refractivity contribution >= 4 is 22.6 Å². The van der Waals surface area contributed by atoms with Gasteiger partial charge < -0.3 is 5.32 Å². The standard InChI is InChI=1S/C13H16IN3/c1-3-15-13(12-8-9-16-17(12)2)10-6-4-5-7-11(10)14/h4-9,13,15H,3H2,1-2H3. The van der Waals surface area contributed by atoms with Crippen molar-refractivity contribution in [3.63, 3.8) is 0 Å². The highest BCUT2D eigenvalue weighted by Crippen LogP contribution is 2.25. The van der Waals surface area contributed by atoms with Gasteiger partial charge in [0.15, 0.2) is 0 Å². The summed E-state index contributed by atoms with van der Waals surface area (Å²) in [4.78, 5) is 0. The van der Waals surface area contributed by atoms with E-state index in [1.165, 1.54) is 14.8 Å². The van der Waals surface area contributed by atoms with Crippen LogP contribution in [0, 0.1) is 3.57 Å². The van der Waals surface area contributed by atoms with E-state index in [9.17, 15) is 0 Å². The molecule has 1 N–H and O–H groups in total. The minimum atomic E-state index is 0.209. The Morgan fingerprint density at radius 2 is 2.12 bits per heavy atom. The van der Waals surface area contributed by atoms with Crippen LogP contribution in [-0.4, -0.2) is 16.3 Å². The minimum absolute atomic E-state index is 0.209. The van der Waals surface area contributed by atoms with Gasteiger partial charge in [0.2, 0.25) is 0 Å². The van der Waals surface area contributed by atoms with E-state index in [0.29, 0.717) is 0 Å². The number of aromatic nitrogens is 2. The van der Waals surface area contributed by atoms with Crippen LogP contribution in [0.4, 0.5) is 0 Å². The normalized spacial score (nSPS) is 12.6. The Labute approximate surface area is 115 Å². The molecule has 3 nitrogen and oxygen atoms in total. The van der Waals surface area contributed by atoms with Crippen LogP contribution in [0.15, 0.2) is 36.5 Å². The maximum atomic E-state index is 4.25. The molecule has 0 aliphatic heterocycles. The summed E-state index contributed by atoms with van der Waals surface area (Å²) in [7, 11) is 1.98. The molecule has 90 valence electrons. The smallest absolute Gasteiger partial charge is 0.0758 e. The van der Waals surface area contributed by atoms with Crippen molar-refractivity contribution in [1.29, 1.82) is 0 Å². The van der Waals surface area contributed by atoms with Crippen molar-refractivity contribution in [2.24, 2.45) is 7.05 Å². The van der Waals surface area contributed by atoms with E-state index in [0.717, 1.165) is 6.54 Å². The van der Waals surface area contributed by atoms with E-state index in [1.807, 2.05) is 17.9 Å². The first-order valence-corrected chi connectivity index (χ1v) is 6.77. The predicted octanol–water partition coefficient (Wildman–Crippen LogP) is 2.72. The van der Waals surface area contributed by atoms with E-state index in [4.69, 9.17) is 0 Å². The molecule has 0 amide bonds. The topological polar surface area (TPSA) is 29.9 Å². The molecule has 1 heterocycles. The molecule has 1 atom stereocenters. The maximum Gasteiger partial charge on any atom is 0.0758 e. The first-order chi connectivity index (χ1) is 8.24. The van der Waals surface area contributed by atoms with Gasteiger partial charge in [-0.25, -0.2) is 0 Å². The van der Waals surface area contributed by atoms with Gasteiger partial charge in [0.1, 0.15) is 0 Å². The second kappa shape index (κ2) is 5.64. The summed E-state index contributed by atoms with van der Waals surface area (Å²) in [5.41, 5.74) is 2.49. The lowest BCUT2D eigenvalue weighted by atomic mass is 10.0. The molecule has 0 aliphatic carbocycles. The Morgan fingerprint density at radius 1 is 1.35 bits per heavy atom. The van der Waals surface area contributed by atoms with E-state index in [2.05, 4.69) is 70.3 Å². The molecule has 1 aromatic carbocycles. The third-order valence-corrected chi connectivity index (χ3v) is 3.76. The molecular formula is C13H16IN3. The number of benzene rings is 1. The second-order valence-corrected chi connectivity index (χ2v) is 5.05. The summed E-state index contributed by atoms with van der Waals surface area (Å²) in [6.07, 6.45) is 1.84. The summed E-state index contributed by atoms with van der Waals surface area (Å²) in [6, 6.07) is 10.7. The largest absolute Gasteiger partial charge is 0.305 e. The van der Waals surface area contributed by atoms with Crippen molar-refractivity contribution in [2.75, 3.05) is 6.54 Å². The lowest BCUT2D eigenvalue weighted by molar-refractivity contribution is 0.571. The van der Waals surface area contributed by atoms with Crippen molar-refractivity contribution in [2.45, 2.75) is 13.0 Å². The lowest BCUT2D eigenvalue weighted by Gasteiger charge is -2.20. The highest BCUT2D eigenvalue weighted by atomic mass is 127. The highest BCUT2D eigenvalue weighted by Gasteiger charge is 2.17. The monoisotopic (exact) mass is 341 g/mol. The van der Waals surface area contributed by atoms with E-state index in [-0.39, 0.29) is 6.04 Å². The SMILES string of the molecule is CCNC(c1ccccc1I)c1ccnn1C. The van der Waals surface area contributed by atoms with Crippen LogP contribution in [0.1, 0.15) is 24.2 Å². The Bertz CT molecular complexity index is 493. The number of halogens is 1. The average molecular weight is 341 g/mol. The Kier molecular flexibility index (Phi) is 4.17. The summed E-state index contributed by atoms with van der Waals surface area (Å²) in [6.45, 7) is 3.06. The fourth-order valence-electron chi connectivity index (χ4n) is 1.95. The zero-order valence-corrected chi connectivity index (χ0v) is 12.2. The molecule has 0 bridgehead atoms. The number of hydrogen-bond donors (Lipinski definition) is 1. The lowest BCUT2D eigenvalue weighted by Crippen LogP contribution is -2.25. The minimum Gasteiger partial charge on any atom is -0.305 e. The molecule has 0 spiro atoms. The molecule has 4 heteroatoms. The fraction of sp³-hybridized carbons (Fsp3) is 0.308. The van der Waals surface area contributed by atoms with Crippen molar-refractivity contribution < 1.29 is 0 Å². The number of aryl methyl sites for hydroxylation is 1. The number of hydrogen-bond acceptors (Lipinski definition) is 2. The molecule has 0 radical (unpaired) electrons. The fourth-order valence-corrected chi connectivity index (χ4v) is 2.65. The molecule has 1 aromatic heterocycles. The van der Waals surface area contributed by atoms with Gasteiger partial charge in [0, 0.05) is 16.8 Å². The van der Waals surface area contributed by atoms with E-state index >= 15 is 0 Å². The molecular weight excluding hydrogens is 325 g/mol. The Morgan fingerprint density at radius 3 is 2.71 bits per heavy atom. The molecule has 0 saturated carbocycles. The third-order valence-electron chi connectivity index (χ3n) is 2.78. The summed E-state index contributed by atoms with van der Waals surface area (Å²) in [5.74, 6) is 0. The van der Waals surface area contributed by atoms with Crippen molar-refractivity contribution in [3.8, 4) is 0 Å². The summed E-state index contributed by atoms with van der Waals surface area (Å²) in [5, 5.41) is 7.77. The first-order valence-electron chi connectivity index (χ1n) is 5.69. The van der Waals surface area contributed by atoms with Crippen LogP contribution in [-0.2, 0) is 7.05 Å². The summed E-state index contributed by atoms with van der Waals surface area (Å²) >= 11 is 2.38. The van der Waals surface area contributed by atoms with E-state index in [1.54, 1.807) is 0 Å². The first kappa shape index (κ1) is 12.6. The van der Waals surface area contributed by atoms with Gasteiger partial charge >= 0.3 is 0 Å². The number of nitrogens with zero attached hydrogens (tertiary/aromatic N) is 2. The molecule has 2 rings (SSSR count). The van der Waals surface area contributed by atoms with E-state index < -0.39 is 0 Å². The van der Waals surface area contributed by atoms with Gasteiger partial charge in [0.05, 0.1) is 11.7 Å². The van der Waals surface area contributed by atoms with Crippen molar-refractivity contribution in [3.05, 3.63) is 51.4 Å². The van der Waals surface area contributed by atoms with Gasteiger partial charge in [-0.1, -0.05) is 25.1 Å². The molecule has 0 fully saturated rings. The quantitative estimate of drug-likeness (QED) is 0.867. The number of nitrogens with one attached hydrogen (secondary N) is 1. The molecule has 2 aromatic rings. The van der Waals surface area contributed by atoms with Crippen LogP contribution in [0.2, 0.25) is 0 Å². The molecule has 0 saturated heterocycles. The molecule has 1 unspecified atom stereocenters. The van der Waals surface area contributed by atoms with Crippen LogP contribution >= 0.6 is 22.6 Å². The highest BCUT2D eigenvalue weighted by molar-refractivity contribution is 14.1. The summed E-state index contributed by atoms with van der Waals surface area (Å²) < 4.78 is 3.20. The van der Waals surface area contributed by atoms with Crippen molar-refractivity contribution in [1.82, 2.24) is 15.1 Å². The van der Waals surface area contributed by atoms with Gasteiger partial charge in [0.25, 0.3) is 0 Å². The van der Waals surface area contributed by atoms with Crippen LogP contribution in [0.5, 0.6) is 0 Å². The predicted molar refractivity (Wildman–Crippen MR) is 77.9 cm³/mol. The van der Waals surface area contributed by atoms with Gasteiger partial charge in [-0.2, -0.15) is 5.10 Å². The molecule has 17 heavy (non-hydrogen) atoms. The Hall–Kier alpha value is -0.880. The van der Waals surface area contributed by atoms with Gasteiger partial charge in [-0.05, 0) is 46.8 Å². The average Bonchev–Trinajstić information content (AvgIpc) is 2.74. The third kappa shape index (κ3) is 2.69. The van der Waals surface area contributed by atoms with Gasteiger partial charge in [-0.3, -0.25) is 4.68 Å². The van der Waals surface area contributed by atoms with Crippen LogP contribution in [0.25, 0.3) is 0 Å². The molecule has 0 aliphatic rings. The zero-order chi connectivity index (χ0) is 12.3. The Balaban J connectivity index is 2.43. The second-order valence-electron chi connectivity index (χ2n) is 3.89. The van der Waals surface area contributed by atoms with Crippen LogP contribution in [0.3, 0.4) is 0 Å². The zero-order valence-electron chi connectivity index (χ0n) is 10.0. The van der Waals surface area contributed by atoms with Gasteiger partial charge in [-0.15, -0.1) is 0 Å². The van der Waals surface area contributed by atoms with Crippen LogP contribution < -0.4 is 5.32 Å².